The van der Waals surface area contributed by atoms with Gasteiger partial charge in [-0.2, -0.15) is 0 Å². The van der Waals surface area contributed by atoms with E-state index in [1.165, 1.54) is 0 Å². The van der Waals surface area contributed by atoms with E-state index in [2.05, 4.69) is 20.8 Å². The van der Waals surface area contributed by atoms with Crippen molar-refractivity contribution in [3.63, 3.8) is 0 Å². The summed E-state index contributed by atoms with van der Waals surface area (Å²) in [5.41, 5.74) is 1.62. The van der Waals surface area contributed by atoms with Gasteiger partial charge in [-0.05, 0) is 22.5 Å². The molecule has 0 unspecified atom stereocenters. The van der Waals surface area contributed by atoms with Crippen LogP contribution >= 0.6 is 7.82 Å². The Hall–Kier alpha value is -0.233. The van der Waals surface area contributed by atoms with Crippen LogP contribution in [0.25, 0.3) is 0 Å². The standard InChI is InChI=1S/C14H23O4P.Li.H/c1-13(2,3)10-7-8-12(18-19(15,16)17)11(9-10)14(4,5)6;;/h7-9H,1-6H3,(H2,15,16,17);;. The molecule has 0 heterocycles. The van der Waals surface area contributed by atoms with Crippen LogP contribution in [0.15, 0.2) is 18.2 Å². The van der Waals surface area contributed by atoms with E-state index in [-0.39, 0.29) is 35.4 Å². The second kappa shape index (κ2) is 6.26. The third kappa shape index (κ3) is 5.64. The zero-order valence-corrected chi connectivity index (χ0v) is 13.3. The van der Waals surface area contributed by atoms with Crippen molar-refractivity contribution in [3.8, 4) is 5.75 Å². The summed E-state index contributed by atoms with van der Waals surface area (Å²) in [5.74, 6) is 0.244. The van der Waals surface area contributed by atoms with Crippen molar-refractivity contribution in [2.24, 2.45) is 0 Å². The van der Waals surface area contributed by atoms with Gasteiger partial charge in [-0.3, -0.25) is 9.79 Å². The second-order valence-electron chi connectivity index (χ2n) is 6.79. The normalized spacial score (nSPS) is 12.8. The quantitative estimate of drug-likeness (QED) is 0.649. The number of phosphoric acid groups is 1. The van der Waals surface area contributed by atoms with Gasteiger partial charge in [-0.15, -0.1) is 0 Å². The molecule has 0 radical (unpaired) electrons. The number of benzene rings is 1. The molecule has 0 aromatic heterocycles. The number of hydrogen-bond donors (Lipinski definition) is 2. The molecule has 0 aliphatic carbocycles. The van der Waals surface area contributed by atoms with E-state index in [1.54, 1.807) is 6.07 Å². The van der Waals surface area contributed by atoms with Gasteiger partial charge in [-0.25, -0.2) is 4.57 Å². The van der Waals surface area contributed by atoms with Gasteiger partial charge in [0.15, 0.2) is 0 Å². The Kier molecular flexibility index (Phi) is 6.19. The SMILES string of the molecule is CC(C)(C)c1ccc(OP(=O)(O)O)c(C(C)(C)C)c1.[LiH]. The molecule has 4 nitrogen and oxygen atoms in total. The van der Waals surface area contributed by atoms with E-state index >= 15 is 0 Å². The Morgan fingerprint density at radius 2 is 1.50 bits per heavy atom. The molecule has 1 rings (SSSR count). The minimum atomic E-state index is -4.54. The van der Waals surface area contributed by atoms with Crippen LogP contribution in [0.4, 0.5) is 0 Å². The molecule has 6 heteroatoms. The van der Waals surface area contributed by atoms with Crippen LogP contribution in [0, 0.1) is 0 Å². The molecule has 110 valence electrons. The fourth-order valence-electron chi connectivity index (χ4n) is 1.79. The van der Waals surface area contributed by atoms with Crippen LogP contribution in [-0.2, 0) is 15.4 Å². The molecule has 0 atom stereocenters. The number of phosphoric ester groups is 1. The summed E-state index contributed by atoms with van der Waals surface area (Å²) in [6.45, 7) is 12.2. The summed E-state index contributed by atoms with van der Waals surface area (Å²) in [5, 5.41) is 0. The van der Waals surface area contributed by atoms with Crippen LogP contribution in [-0.4, -0.2) is 28.6 Å². The van der Waals surface area contributed by atoms with Crippen LogP contribution in [0.1, 0.15) is 52.7 Å². The molecule has 0 fully saturated rings. The average Bonchev–Trinajstić information content (AvgIpc) is 2.11. The molecule has 0 aliphatic rings. The fraction of sp³-hybridized carbons (Fsp3) is 0.571. The molecule has 1 aromatic carbocycles. The van der Waals surface area contributed by atoms with E-state index < -0.39 is 7.82 Å². The first-order chi connectivity index (χ1) is 8.31. The third-order valence-electron chi connectivity index (χ3n) is 2.87. The third-order valence-corrected chi connectivity index (χ3v) is 3.31. The van der Waals surface area contributed by atoms with Gasteiger partial charge in [-0.1, -0.05) is 53.7 Å². The molecule has 0 saturated carbocycles. The Labute approximate surface area is 133 Å². The van der Waals surface area contributed by atoms with Crippen molar-refractivity contribution in [2.45, 2.75) is 52.4 Å². The predicted molar refractivity (Wildman–Crippen MR) is 83.7 cm³/mol. The molecule has 2 N–H and O–H groups in total. The topological polar surface area (TPSA) is 66.8 Å². The van der Waals surface area contributed by atoms with Gasteiger partial charge in [0.1, 0.15) is 5.75 Å². The minimum absolute atomic E-state index is 0. The molecule has 20 heavy (non-hydrogen) atoms. The van der Waals surface area contributed by atoms with Crippen molar-refractivity contribution < 1.29 is 18.9 Å². The van der Waals surface area contributed by atoms with Gasteiger partial charge in [0.25, 0.3) is 0 Å². The molecule has 0 bridgehead atoms. The predicted octanol–water partition coefficient (Wildman–Crippen LogP) is 3.10. The Morgan fingerprint density at radius 3 is 1.85 bits per heavy atom. The summed E-state index contributed by atoms with van der Waals surface area (Å²) in [6.07, 6.45) is 0. The Balaban J connectivity index is 0.00000361. The van der Waals surface area contributed by atoms with Crippen molar-refractivity contribution >= 4 is 26.7 Å². The Morgan fingerprint density at radius 1 is 1.00 bits per heavy atom. The first kappa shape index (κ1) is 19.8. The summed E-state index contributed by atoms with van der Waals surface area (Å²) in [6, 6.07) is 5.45. The summed E-state index contributed by atoms with van der Waals surface area (Å²) < 4.78 is 15.8. The van der Waals surface area contributed by atoms with Gasteiger partial charge < -0.3 is 4.52 Å². The van der Waals surface area contributed by atoms with Gasteiger partial charge in [0.05, 0.1) is 0 Å². The summed E-state index contributed by atoms with van der Waals surface area (Å²) >= 11 is 0. The van der Waals surface area contributed by atoms with Gasteiger partial charge >= 0.3 is 26.7 Å². The maximum atomic E-state index is 11.0. The van der Waals surface area contributed by atoms with Crippen molar-refractivity contribution in [1.82, 2.24) is 0 Å². The van der Waals surface area contributed by atoms with Crippen molar-refractivity contribution in [3.05, 3.63) is 29.3 Å². The van der Waals surface area contributed by atoms with Crippen LogP contribution in [0.5, 0.6) is 5.75 Å². The van der Waals surface area contributed by atoms with Crippen molar-refractivity contribution in [2.75, 3.05) is 0 Å². The second-order valence-corrected chi connectivity index (χ2v) is 7.96. The average molecular weight is 294 g/mol. The zero-order chi connectivity index (χ0) is 15.1. The fourth-order valence-corrected chi connectivity index (χ4v) is 2.21. The molecule has 1 aromatic rings. The van der Waals surface area contributed by atoms with Crippen molar-refractivity contribution in [1.29, 1.82) is 0 Å². The van der Waals surface area contributed by atoms with E-state index in [4.69, 9.17) is 14.3 Å². The van der Waals surface area contributed by atoms with E-state index in [9.17, 15) is 4.57 Å². The summed E-state index contributed by atoms with van der Waals surface area (Å²) in [4.78, 5) is 18.0. The molecule has 0 aliphatic heterocycles. The monoisotopic (exact) mass is 294 g/mol. The molecule has 0 spiro atoms. The number of rotatable bonds is 2. The maximum absolute atomic E-state index is 11.0. The van der Waals surface area contributed by atoms with Gasteiger partial charge in [0, 0.05) is 5.56 Å². The van der Waals surface area contributed by atoms with Crippen LogP contribution in [0.3, 0.4) is 0 Å². The zero-order valence-electron chi connectivity index (χ0n) is 12.4. The van der Waals surface area contributed by atoms with E-state index in [1.807, 2.05) is 32.9 Å². The first-order valence-electron chi connectivity index (χ1n) is 6.21. The number of hydrogen-bond acceptors (Lipinski definition) is 2. The van der Waals surface area contributed by atoms with E-state index in [0.29, 0.717) is 0 Å². The molecule has 0 saturated heterocycles. The Bertz CT molecular complexity index is 509. The van der Waals surface area contributed by atoms with Gasteiger partial charge in [0.2, 0.25) is 0 Å². The molecular formula is C14H24LiO4P. The molecule has 0 amide bonds. The van der Waals surface area contributed by atoms with Crippen LogP contribution in [0.2, 0.25) is 0 Å². The van der Waals surface area contributed by atoms with E-state index in [0.717, 1.165) is 11.1 Å². The van der Waals surface area contributed by atoms with Crippen LogP contribution < -0.4 is 4.52 Å². The first-order valence-corrected chi connectivity index (χ1v) is 7.74. The molecular weight excluding hydrogens is 270 g/mol. The summed E-state index contributed by atoms with van der Waals surface area (Å²) in [7, 11) is -4.54.